The minimum atomic E-state index is -0.132. The number of carbonyl (C=O) groups is 1. The van der Waals surface area contributed by atoms with Crippen LogP contribution in [-0.4, -0.2) is 34.9 Å². The van der Waals surface area contributed by atoms with Crippen LogP contribution >= 0.6 is 11.8 Å². The zero-order chi connectivity index (χ0) is 19.4. The average molecular weight is 388 g/mol. The first-order valence-electron chi connectivity index (χ1n) is 9.18. The number of nitrogens with zero attached hydrogens (tertiary/aromatic N) is 2. The Hall–Kier alpha value is -2.28. The molecule has 0 saturated heterocycles. The first-order chi connectivity index (χ1) is 13.0. The highest BCUT2D eigenvalue weighted by Crippen LogP contribution is 2.32. The Bertz CT molecular complexity index is 895. The molecule has 1 aromatic heterocycles. The molecule has 0 fully saturated rings. The summed E-state index contributed by atoms with van der Waals surface area (Å²) >= 11 is 1.55. The maximum absolute atomic E-state index is 12.7. The molecule has 27 heavy (non-hydrogen) atoms. The highest BCUT2D eigenvalue weighted by atomic mass is 32.2. The van der Waals surface area contributed by atoms with Crippen LogP contribution in [0.4, 0.5) is 0 Å². The Morgan fingerprint density at radius 3 is 3.00 bits per heavy atom. The van der Waals surface area contributed by atoms with Crippen molar-refractivity contribution in [2.24, 2.45) is 0 Å². The zero-order valence-corrected chi connectivity index (χ0v) is 16.8. The largest absolute Gasteiger partial charge is 0.497 e. The van der Waals surface area contributed by atoms with E-state index >= 15 is 0 Å². The third-order valence-corrected chi connectivity index (χ3v) is 5.90. The number of carbonyl (C=O) groups excluding carboxylic acids is 1. The van der Waals surface area contributed by atoms with Crippen molar-refractivity contribution >= 4 is 17.7 Å². The lowest BCUT2D eigenvalue weighted by molar-refractivity contribution is -0.121. The predicted octanol–water partition coefficient (Wildman–Crippen LogP) is 2.52. The Balaban J connectivity index is 1.59. The first kappa shape index (κ1) is 19.5. The van der Waals surface area contributed by atoms with Gasteiger partial charge in [-0.2, -0.15) is 0 Å². The van der Waals surface area contributed by atoms with Crippen LogP contribution in [0.3, 0.4) is 0 Å². The Morgan fingerprint density at radius 2 is 2.26 bits per heavy atom. The second-order valence-electron chi connectivity index (χ2n) is 6.61. The molecule has 3 rings (SSSR count). The lowest BCUT2D eigenvalue weighted by atomic mass is 10.1. The van der Waals surface area contributed by atoms with Gasteiger partial charge < -0.3 is 10.1 Å². The number of fused-ring (bicyclic) bond motifs is 1. The SMILES string of the molecule is CCc1c(C)nc2n(c1=O)C(CC(=O)NCCc1cccc(OC)c1)CS2. The second-order valence-corrected chi connectivity index (χ2v) is 7.59. The number of ether oxygens (including phenoxy) is 1. The fourth-order valence-corrected chi connectivity index (χ4v) is 4.52. The standard InChI is InChI=1S/C20H25N3O3S/c1-4-17-13(2)22-20-23(19(17)25)15(12-27-20)11-18(24)21-9-8-14-6-5-7-16(10-14)26-3/h5-7,10,15H,4,8-9,11-12H2,1-3H3,(H,21,24). The van der Waals surface area contributed by atoms with Gasteiger partial charge in [0, 0.05) is 30.0 Å². The van der Waals surface area contributed by atoms with Crippen molar-refractivity contribution in [3.05, 3.63) is 51.4 Å². The van der Waals surface area contributed by atoms with E-state index in [-0.39, 0.29) is 17.5 Å². The lowest BCUT2D eigenvalue weighted by Crippen LogP contribution is -2.33. The van der Waals surface area contributed by atoms with Crippen molar-refractivity contribution in [3.63, 3.8) is 0 Å². The summed E-state index contributed by atoms with van der Waals surface area (Å²) in [7, 11) is 1.64. The minimum Gasteiger partial charge on any atom is -0.497 e. The highest BCUT2D eigenvalue weighted by Gasteiger charge is 2.28. The summed E-state index contributed by atoms with van der Waals surface area (Å²) in [6.45, 7) is 4.39. The summed E-state index contributed by atoms with van der Waals surface area (Å²) in [5, 5.41) is 3.69. The molecule has 1 aliphatic rings. The monoisotopic (exact) mass is 387 g/mol. The summed E-state index contributed by atoms with van der Waals surface area (Å²) < 4.78 is 6.92. The van der Waals surface area contributed by atoms with Gasteiger partial charge in [-0.25, -0.2) is 4.98 Å². The molecule has 0 bridgehead atoms. The molecule has 6 nitrogen and oxygen atoms in total. The molecule has 0 spiro atoms. The topological polar surface area (TPSA) is 73.2 Å². The molecule has 1 aliphatic heterocycles. The summed E-state index contributed by atoms with van der Waals surface area (Å²) in [5.74, 6) is 1.48. The molecule has 2 aromatic rings. The molecular formula is C20H25N3O3S. The van der Waals surface area contributed by atoms with Crippen molar-refractivity contribution in [3.8, 4) is 5.75 Å². The zero-order valence-electron chi connectivity index (χ0n) is 15.9. The van der Waals surface area contributed by atoms with E-state index in [4.69, 9.17) is 4.74 Å². The molecular weight excluding hydrogens is 362 g/mol. The van der Waals surface area contributed by atoms with Crippen LogP contribution in [0, 0.1) is 6.92 Å². The molecule has 7 heteroatoms. The van der Waals surface area contributed by atoms with Gasteiger partial charge in [0.05, 0.1) is 13.2 Å². The number of amides is 1. The Kier molecular flexibility index (Phi) is 6.21. The molecule has 0 aliphatic carbocycles. The number of rotatable bonds is 7. The van der Waals surface area contributed by atoms with E-state index in [1.807, 2.05) is 38.1 Å². The third kappa shape index (κ3) is 4.35. The Morgan fingerprint density at radius 1 is 1.44 bits per heavy atom. The van der Waals surface area contributed by atoms with Crippen molar-refractivity contribution in [2.75, 3.05) is 19.4 Å². The lowest BCUT2D eigenvalue weighted by Gasteiger charge is -2.15. The van der Waals surface area contributed by atoms with Crippen LogP contribution in [-0.2, 0) is 17.6 Å². The van der Waals surface area contributed by atoms with E-state index in [9.17, 15) is 9.59 Å². The van der Waals surface area contributed by atoms with Gasteiger partial charge in [-0.3, -0.25) is 14.2 Å². The average Bonchev–Trinajstić information content (AvgIpc) is 3.04. The quantitative estimate of drug-likeness (QED) is 0.739. The summed E-state index contributed by atoms with van der Waals surface area (Å²) in [6, 6.07) is 7.69. The second kappa shape index (κ2) is 8.61. The number of hydrogen-bond acceptors (Lipinski definition) is 5. The number of hydrogen-bond donors (Lipinski definition) is 1. The van der Waals surface area contributed by atoms with E-state index in [0.717, 1.165) is 34.1 Å². The number of aryl methyl sites for hydroxylation is 1. The van der Waals surface area contributed by atoms with Gasteiger partial charge >= 0.3 is 0 Å². The van der Waals surface area contributed by atoms with Gasteiger partial charge in [-0.1, -0.05) is 30.8 Å². The predicted molar refractivity (Wildman–Crippen MR) is 107 cm³/mol. The van der Waals surface area contributed by atoms with Gasteiger partial charge in [0.1, 0.15) is 5.75 Å². The number of methoxy groups -OCH3 is 1. The van der Waals surface area contributed by atoms with Gasteiger partial charge in [0.2, 0.25) is 5.91 Å². The van der Waals surface area contributed by atoms with E-state index in [1.54, 1.807) is 23.4 Å². The Labute approximate surface area is 163 Å². The smallest absolute Gasteiger partial charge is 0.257 e. The van der Waals surface area contributed by atoms with Crippen LogP contribution < -0.4 is 15.6 Å². The molecule has 0 saturated carbocycles. The van der Waals surface area contributed by atoms with Gasteiger partial charge in [0.15, 0.2) is 5.16 Å². The van der Waals surface area contributed by atoms with Crippen molar-refractivity contribution in [2.45, 2.75) is 44.3 Å². The van der Waals surface area contributed by atoms with Crippen molar-refractivity contribution in [1.29, 1.82) is 0 Å². The summed E-state index contributed by atoms with van der Waals surface area (Å²) in [4.78, 5) is 29.6. The van der Waals surface area contributed by atoms with Gasteiger partial charge in [0.25, 0.3) is 5.56 Å². The van der Waals surface area contributed by atoms with Crippen LogP contribution in [0.1, 0.15) is 36.2 Å². The molecule has 1 unspecified atom stereocenters. The van der Waals surface area contributed by atoms with Crippen LogP contribution in [0.15, 0.2) is 34.2 Å². The maximum Gasteiger partial charge on any atom is 0.257 e. The number of benzene rings is 1. The van der Waals surface area contributed by atoms with Crippen LogP contribution in [0.2, 0.25) is 0 Å². The minimum absolute atomic E-state index is 0.000759. The normalized spacial score (nSPS) is 15.4. The van der Waals surface area contributed by atoms with Gasteiger partial charge in [-0.05, 0) is 37.5 Å². The molecule has 1 atom stereocenters. The van der Waals surface area contributed by atoms with Crippen molar-refractivity contribution < 1.29 is 9.53 Å². The van der Waals surface area contributed by atoms with E-state index in [1.165, 1.54) is 0 Å². The van der Waals surface area contributed by atoms with E-state index in [0.29, 0.717) is 25.1 Å². The number of aromatic nitrogens is 2. The van der Waals surface area contributed by atoms with Crippen LogP contribution in [0.5, 0.6) is 5.75 Å². The molecule has 1 N–H and O–H groups in total. The molecule has 0 radical (unpaired) electrons. The number of thioether (sulfide) groups is 1. The van der Waals surface area contributed by atoms with E-state index in [2.05, 4.69) is 10.3 Å². The van der Waals surface area contributed by atoms with Crippen molar-refractivity contribution in [1.82, 2.24) is 14.9 Å². The van der Waals surface area contributed by atoms with E-state index < -0.39 is 0 Å². The van der Waals surface area contributed by atoms with Crippen LogP contribution in [0.25, 0.3) is 0 Å². The summed E-state index contributed by atoms with van der Waals surface area (Å²) in [6.07, 6.45) is 1.69. The first-order valence-corrected chi connectivity index (χ1v) is 10.2. The molecule has 144 valence electrons. The maximum atomic E-state index is 12.7. The fourth-order valence-electron chi connectivity index (χ4n) is 3.34. The summed E-state index contributed by atoms with van der Waals surface area (Å²) in [5.41, 5.74) is 2.65. The molecule has 1 aromatic carbocycles. The fraction of sp³-hybridized carbons (Fsp3) is 0.450. The third-order valence-electron chi connectivity index (χ3n) is 4.80. The number of nitrogens with one attached hydrogen (secondary N) is 1. The van der Waals surface area contributed by atoms with Gasteiger partial charge in [-0.15, -0.1) is 0 Å². The highest BCUT2D eigenvalue weighted by molar-refractivity contribution is 7.99. The molecule has 1 amide bonds. The molecule has 2 heterocycles.